The maximum Gasteiger partial charge on any atom is 0.305 e. The summed E-state index contributed by atoms with van der Waals surface area (Å²) in [7, 11) is 0. The molecule has 0 rings (SSSR count). The van der Waals surface area contributed by atoms with Crippen LogP contribution in [0.3, 0.4) is 0 Å². The predicted octanol–water partition coefficient (Wildman–Crippen LogP) is 6.34. The molecule has 0 aliphatic rings. The van der Waals surface area contributed by atoms with Crippen molar-refractivity contribution < 1.29 is 9.53 Å². The summed E-state index contributed by atoms with van der Waals surface area (Å²) >= 11 is 0. The van der Waals surface area contributed by atoms with E-state index in [2.05, 4.69) is 30.2 Å². The third kappa shape index (κ3) is 17.2. The van der Waals surface area contributed by atoms with Crippen molar-refractivity contribution in [3.8, 4) is 12.3 Å². The van der Waals surface area contributed by atoms with Gasteiger partial charge in [0.2, 0.25) is 0 Å². The fourth-order valence-corrected chi connectivity index (χ4v) is 2.75. The fraction of sp³-hybridized carbons (Fsp3) is 0.773. The quantitative estimate of drug-likeness (QED) is 0.0939. The minimum absolute atomic E-state index is 0.0523. The minimum Gasteiger partial charge on any atom is -0.465 e. The first-order valence-electron chi connectivity index (χ1n) is 10.3. The lowest BCUT2D eigenvalue weighted by Gasteiger charge is -2.05. The molecule has 0 saturated heterocycles. The van der Waals surface area contributed by atoms with Crippen LogP contribution in [0.1, 0.15) is 96.8 Å². The molecular weight excluding hydrogens is 326 g/mol. The molecule has 0 spiro atoms. The summed E-state index contributed by atoms with van der Waals surface area (Å²) < 4.78 is 5.00. The van der Waals surface area contributed by atoms with Crippen LogP contribution >= 0.6 is 0 Å². The topological polar surface area (TPSA) is 55.7 Å². The molecule has 4 nitrogen and oxygen atoms in total. The summed E-state index contributed by atoms with van der Waals surface area (Å²) in [6, 6.07) is -0.0523. The summed E-state index contributed by atoms with van der Waals surface area (Å²) in [6.07, 6.45) is 23.3. The second-order valence-electron chi connectivity index (χ2n) is 6.80. The highest BCUT2D eigenvalue weighted by Gasteiger charge is 2.05. The molecule has 0 aliphatic carbocycles. The van der Waals surface area contributed by atoms with E-state index in [1.165, 1.54) is 25.7 Å². The number of carbonyl (C=O) groups is 1. The molecule has 4 heteroatoms. The zero-order valence-electron chi connectivity index (χ0n) is 16.6. The van der Waals surface area contributed by atoms with Crippen molar-refractivity contribution >= 4 is 5.97 Å². The molecule has 1 atom stereocenters. The number of ether oxygens (including phenoxy) is 1. The zero-order chi connectivity index (χ0) is 19.3. The third-order valence-electron chi connectivity index (χ3n) is 4.38. The minimum atomic E-state index is -0.142. The number of hydrogen-bond acceptors (Lipinski definition) is 4. The van der Waals surface area contributed by atoms with Crippen molar-refractivity contribution in [3.05, 3.63) is 17.1 Å². The summed E-state index contributed by atoms with van der Waals surface area (Å²) in [5.74, 6) is 2.30. The van der Waals surface area contributed by atoms with Crippen molar-refractivity contribution in [1.82, 2.24) is 0 Å². The van der Waals surface area contributed by atoms with Crippen LogP contribution in [-0.2, 0) is 9.53 Å². The molecule has 0 aliphatic heterocycles. The fourth-order valence-electron chi connectivity index (χ4n) is 2.75. The van der Waals surface area contributed by atoms with Crippen LogP contribution in [0, 0.1) is 17.3 Å². The van der Waals surface area contributed by atoms with Gasteiger partial charge in [0, 0.05) is 12.8 Å². The summed E-state index contributed by atoms with van der Waals surface area (Å²) in [4.78, 5) is 22.2. The van der Waals surface area contributed by atoms with Crippen LogP contribution in [0.5, 0.6) is 0 Å². The molecule has 0 heterocycles. The Kier molecular flexibility index (Phi) is 18.5. The first-order chi connectivity index (χ1) is 12.7. The lowest BCUT2D eigenvalue weighted by molar-refractivity contribution is -0.143. The number of terminal acetylenes is 1. The molecule has 0 fully saturated rings. The van der Waals surface area contributed by atoms with Gasteiger partial charge in [-0.15, -0.1) is 12.3 Å². The maximum absolute atomic E-state index is 11.4. The number of unbranched alkanes of at least 4 members (excludes halogenated alkanes) is 8. The van der Waals surface area contributed by atoms with Crippen molar-refractivity contribution in [2.24, 2.45) is 5.18 Å². The van der Waals surface area contributed by atoms with Gasteiger partial charge in [-0.2, -0.15) is 4.91 Å². The van der Waals surface area contributed by atoms with Gasteiger partial charge >= 0.3 is 5.97 Å². The van der Waals surface area contributed by atoms with E-state index in [4.69, 9.17) is 11.2 Å². The Bertz CT molecular complexity index is 412. The Labute approximate surface area is 160 Å². The number of rotatable bonds is 18. The summed E-state index contributed by atoms with van der Waals surface area (Å²) in [5, 5.41) is 3.24. The van der Waals surface area contributed by atoms with E-state index in [9.17, 15) is 9.70 Å². The molecule has 26 heavy (non-hydrogen) atoms. The average molecular weight is 364 g/mol. The van der Waals surface area contributed by atoms with Gasteiger partial charge in [-0.05, 0) is 32.1 Å². The van der Waals surface area contributed by atoms with E-state index in [1.807, 2.05) is 0 Å². The van der Waals surface area contributed by atoms with Gasteiger partial charge in [-0.25, -0.2) is 0 Å². The van der Waals surface area contributed by atoms with Gasteiger partial charge in [-0.1, -0.05) is 69.2 Å². The summed E-state index contributed by atoms with van der Waals surface area (Å²) in [5.41, 5.74) is 0. The SMILES string of the molecule is C#CCCOC(=O)CCCCCCC/C=C\CC(CCCCCC)N=O. The molecule has 0 saturated carbocycles. The Morgan fingerprint density at radius 2 is 1.81 bits per heavy atom. The Hall–Kier alpha value is -1.63. The normalized spacial score (nSPS) is 12.0. The predicted molar refractivity (Wildman–Crippen MR) is 109 cm³/mol. The van der Waals surface area contributed by atoms with E-state index < -0.39 is 0 Å². The van der Waals surface area contributed by atoms with E-state index in [-0.39, 0.29) is 12.0 Å². The lowest BCUT2D eigenvalue weighted by atomic mass is 10.0. The molecule has 0 aromatic rings. The van der Waals surface area contributed by atoms with E-state index >= 15 is 0 Å². The molecule has 148 valence electrons. The third-order valence-corrected chi connectivity index (χ3v) is 4.38. The molecule has 0 radical (unpaired) electrons. The van der Waals surface area contributed by atoms with Crippen molar-refractivity contribution in [1.29, 1.82) is 0 Å². The number of carbonyl (C=O) groups excluding carboxylic acids is 1. The number of hydrogen-bond donors (Lipinski definition) is 0. The van der Waals surface area contributed by atoms with Crippen molar-refractivity contribution in [2.75, 3.05) is 6.61 Å². The number of nitrogens with zero attached hydrogens (tertiary/aromatic N) is 1. The molecule has 0 aromatic carbocycles. The van der Waals surface area contributed by atoms with Crippen LogP contribution in [0.4, 0.5) is 0 Å². The molecule has 0 amide bonds. The molecular formula is C22H37NO3. The molecule has 0 aromatic heterocycles. The first kappa shape index (κ1) is 24.4. The monoisotopic (exact) mass is 363 g/mol. The second kappa shape index (κ2) is 19.7. The lowest BCUT2D eigenvalue weighted by Crippen LogP contribution is -2.04. The van der Waals surface area contributed by atoms with Crippen LogP contribution in [0.25, 0.3) is 0 Å². The van der Waals surface area contributed by atoms with Gasteiger partial charge < -0.3 is 4.74 Å². The average Bonchev–Trinajstić information content (AvgIpc) is 2.65. The molecule has 0 bridgehead atoms. The van der Waals surface area contributed by atoms with Gasteiger partial charge in [0.1, 0.15) is 6.61 Å². The highest BCUT2D eigenvalue weighted by atomic mass is 16.5. The largest absolute Gasteiger partial charge is 0.465 e. The first-order valence-corrected chi connectivity index (χ1v) is 10.3. The van der Waals surface area contributed by atoms with Crippen LogP contribution in [0.2, 0.25) is 0 Å². The smallest absolute Gasteiger partial charge is 0.305 e. The maximum atomic E-state index is 11.4. The van der Waals surface area contributed by atoms with E-state index in [0.717, 1.165) is 51.4 Å². The molecule has 1 unspecified atom stereocenters. The van der Waals surface area contributed by atoms with Crippen molar-refractivity contribution in [2.45, 2.75) is 103 Å². The van der Waals surface area contributed by atoms with Crippen LogP contribution < -0.4 is 0 Å². The Balaban J connectivity index is 3.45. The highest BCUT2D eigenvalue weighted by molar-refractivity contribution is 5.69. The van der Waals surface area contributed by atoms with E-state index in [1.54, 1.807) is 0 Å². The standard InChI is InChI=1S/C22H37NO3/c1-3-5-7-14-17-21(23-25)18-15-12-10-8-9-11-13-16-19-22(24)26-20-6-4-2/h2,12,15,21H,3,5-11,13-14,16-20H2,1H3/b15-12-. The molecule has 0 N–H and O–H groups in total. The highest BCUT2D eigenvalue weighted by Crippen LogP contribution is 2.13. The van der Waals surface area contributed by atoms with E-state index in [0.29, 0.717) is 19.4 Å². The van der Waals surface area contributed by atoms with Gasteiger partial charge in [0.05, 0.1) is 6.04 Å². The van der Waals surface area contributed by atoms with Crippen LogP contribution in [-0.4, -0.2) is 18.6 Å². The number of esters is 1. The van der Waals surface area contributed by atoms with Crippen molar-refractivity contribution in [3.63, 3.8) is 0 Å². The van der Waals surface area contributed by atoms with Gasteiger partial charge in [0.15, 0.2) is 0 Å². The second-order valence-corrected chi connectivity index (χ2v) is 6.80. The van der Waals surface area contributed by atoms with Gasteiger partial charge in [-0.3, -0.25) is 4.79 Å². The Morgan fingerprint density at radius 3 is 2.54 bits per heavy atom. The Morgan fingerprint density at radius 1 is 1.08 bits per heavy atom. The number of nitroso groups, excluding NO2 is 1. The van der Waals surface area contributed by atoms with Crippen LogP contribution in [0.15, 0.2) is 17.3 Å². The summed E-state index contributed by atoms with van der Waals surface area (Å²) in [6.45, 7) is 2.52. The number of allylic oxidation sites excluding steroid dienone is 1. The van der Waals surface area contributed by atoms with Gasteiger partial charge in [0.25, 0.3) is 0 Å². The zero-order valence-corrected chi connectivity index (χ0v) is 16.6.